The molecule has 1 aliphatic rings. The van der Waals surface area contributed by atoms with Crippen molar-refractivity contribution in [2.24, 2.45) is 0 Å². The van der Waals surface area contributed by atoms with Crippen LogP contribution in [0.25, 0.3) is 6.08 Å². The van der Waals surface area contributed by atoms with E-state index >= 15 is 0 Å². The van der Waals surface area contributed by atoms with Crippen molar-refractivity contribution in [3.8, 4) is 5.75 Å². The van der Waals surface area contributed by atoms with Crippen LogP contribution in [0.1, 0.15) is 11.1 Å². The van der Waals surface area contributed by atoms with Crippen LogP contribution in [0.15, 0.2) is 52.5 Å². The monoisotopic (exact) mass is 540 g/mol. The van der Waals surface area contributed by atoms with Gasteiger partial charge in [0, 0.05) is 10.6 Å². The van der Waals surface area contributed by atoms with E-state index in [9.17, 15) is 14.4 Å². The molecule has 27 heavy (non-hydrogen) atoms. The SMILES string of the molecule is CN1C(=O)NC(=O)/C(=C/c2ccc(OCc3ccc(I)cc3)c(Br)c2)C1=O. The molecule has 8 heteroatoms. The molecule has 4 amide bonds. The van der Waals surface area contributed by atoms with Crippen molar-refractivity contribution >= 4 is 62.4 Å². The number of nitrogens with one attached hydrogen (secondary N) is 1. The van der Waals surface area contributed by atoms with Crippen molar-refractivity contribution < 1.29 is 19.1 Å². The van der Waals surface area contributed by atoms with Crippen molar-refractivity contribution in [1.29, 1.82) is 0 Å². The van der Waals surface area contributed by atoms with E-state index in [4.69, 9.17) is 4.74 Å². The lowest BCUT2D eigenvalue weighted by atomic mass is 10.1. The van der Waals surface area contributed by atoms with E-state index in [1.54, 1.807) is 18.2 Å². The molecule has 6 nitrogen and oxygen atoms in total. The molecule has 1 N–H and O–H groups in total. The highest BCUT2D eigenvalue weighted by molar-refractivity contribution is 14.1. The molecule has 2 aromatic rings. The minimum atomic E-state index is -0.734. The summed E-state index contributed by atoms with van der Waals surface area (Å²) in [5.41, 5.74) is 1.58. The zero-order valence-electron chi connectivity index (χ0n) is 14.2. The molecule has 0 unspecified atom stereocenters. The molecular formula is C19H14BrIN2O4. The number of carbonyl (C=O) groups excluding carboxylic acids is 3. The summed E-state index contributed by atoms with van der Waals surface area (Å²) in [7, 11) is 1.31. The first-order valence-electron chi connectivity index (χ1n) is 7.87. The van der Waals surface area contributed by atoms with Gasteiger partial charge in [-0.1, -0.05) is 18.2 Å². The molecule has 0 spiro atoms. The maximum absolute atomic E-state index is 12.1. The van der Waals surface area contributed by atoms with Gasteiger partial charge in [-0.15, -0.1) is 0 Å². The third kappa shape index (κ3) is 4.56. The van der Waals surface area contributed by atoms with Crippen LogP contribution < -0.4 is 10.1 Å². The number of ether oxygens (including phenoxy) is 1. The molecule has 138 valence electrons. The number of likely N-dealkylation sites (N-methyl/N-ethyl adjacent to an activating group) is 1. The van der Waals surface area contributed by atoms with Crippen LogP contribution in [-0.4, -0.2) is 29.8 Å². The van der Waals surface area contributed by atoms with Crippen LogP contribution >= 0.6 is 38.5 Å². The number of imide groups is 2. The molecule has 0 radical (unpaired) electrons. The van der Waals surface area contributed by atoms with Crippen LogP contribution in [-0.2, 0) is 16.2 Å². The van der Waals surface area contributed by atoms with E-state index < -0.39 is 17.8 Å². The first-order valence-corrected chi connectivity index (χ1v) is 9.74. The Bertz CT molecular complexity index is 957. The maximum atomic E-state index is 12.1. The molecule has 2 aromatic carbocycles. The van der Waals surface area contributed by atoms with Gasteiger partial charge in [0.2, 0.25) is 0 Å². The largest absolute Gasteiger partial charge is 0.488 e. The standard InChI is InChI=1S/C19H14BrIN2O4/c1-23-18(25)14(17(24)22-19(23)26)8-12-4-7-16(15(20)9-12)27-10-11-2-5-13(21)6-3-11/h2-9H,10H2,1H3,(H,22,24,26)/b14-8-. The summed E-state index contributed by atoms with van der Waals surface area (Å²) in [5, 5.41) is 2.12. The number of rotatable bonds is 4. The highest BCUT2D eigenvalue weighted by atomic mass is 127. The first kappa shape index (κ1) is 19.6. The summed E-state index contributed by atoms with van der Waals surface area (Å²) < 4.78 is 7.66. The molecule has 1 heterocycles. The quantitative estimate of drug-likeness (QED) is 0.364. The number of hydrogen-bond donors (Lipinski definition) is 1. The highest BCUT2D eigenvalue weighted by Gasteiger charge is 2.32. The Morgan fingerprint density at radius 2 is 1.85 bits per heavy atom. The number of barbiturate groups is 1. The number of benzene rings is 2. The van der Waals surface area contributed by atoms with E-state index in [1.165, 1.54) is 13.1 Å². The Morgan fingerprint density at radius 3 is 2.52 bits per heavy atom. The Kier molecular flexibility index (Phi) is 5.95. The maximum Gasteiger partial charge on any atom is 0.331 e. The summed E-state index contributed by atoms with van der Waals surface area (Å²) in [6.07, 6.45) is 1.44. The molecule has 0 bridgehead atoms. The average molecular weight is 541 g/mol. The summed E-state index contributed by atoms with van der Waals surface area (Å²) in [5.74, 6) is -0.709. The van der Waals surface area contributed by atoms with Crippen molar-refractivity contribution in [2.75, 3.05) is 7.05 Å². The Morgan fingerprint density at radius 1 is 1.15 bits per heavy atom. The van der Waals surface area contributed by atoms with Crippen LogP contribution in [0.4, 0.5) is 4.79 Å². The highest BCUT2D eigenvalue weighted by Crippen LogP contribution is 2.28. The fourth-order valence-corrected chi connectivity index (χ4v) is 3.25. The van der Waals surface area contributed by atoms with Gasteiger partial charge in [0.15, 0.2) is 0 Å². The second-order valence-corrected chi connectivity index (χ2v) is 7.89. The average Bonchev–Trinajstić information content (AvgIpc) is 2.64. The third-order valence-corrected chi connectivity index (χ3v) is 5.22. The molecular weight excluding hydrogens is 527 g/mol. The molecule has 1 fully saturated rings. The van der Waals surface area contributed by atoms with E-state index in [0.29, 0.717) is 22.4 Å². The summed E-state index contributed by atoms with van der Waals surface area (Å²) in [4.78, 5) is 36.3. The van der Waals surface area contributed by atoms with Crippen LogP contribution in [0.5, 0.6) is 5.75 Å². The minimum Gasteiger partial charge on any atom is -0.488 e. The van der Waals surface area contributed by atoms with Crippen molar-refractivity contribution in [1.82, 2.24) is 10.2 Å². The number of carbonyl (C=O) groups is 3. The third-order valence-electron chi connectivity index (χ3n) is 3.88. The topological polar surface area (TPSA) is 75.7 Å². The van der Waals surface area contributed by atoms with Crippen molar-refractivity contribution in [3.05, 3.63) is 67.2 Å². The first-order chi connectivity index (χ1) is 12.8. The minimum absolute atomic E-state index is 0.100. The number of halogens is 2. The number of nitrogens with zero attached hydrogens (tertiary/aromatic N) is 1. The zero-order chi connectivity index (χ0) is 19.6. The van der Waals surface area contributed by atoms with E-state index in [-0.39, 0.29) is 5.57 Å². The van der Waals surface area contributed by atoms with Gasteiger partial charge in [0.25, 0.3) is 11.8 Å². The lowest BCUT2D eigenvalue weighted by Gasteiger charge is -2.22. The van der Waals surface area contributed by atoms with Crippen molar-refractivity contribution in [2.45, 2.75) is 6.61 Å². The smallest absolute Gasteiger partial charge is 0.331 e. The van der Waals surface area contributed by atoms with Gasteiger partial charge in [0.1, 0.15) is 17.9 Å². The predicted octanol–water partition coefficient (Wildman–Crippen LogP) is 3.72. The Hall–Kier alpha value is -2.20. The van der Waals surface area contributed by atoms with E-state index in [2.05, 4.69) is 43.8 Å². The normalized spacial score (nSPS) is 15.9. The summed E-state index contributed by atoms with van der Waals surface area (Å²) >= 11 is 5.69. The Labute approximate surface area is 177 Å². The molecule has 0 aliphatic carbocycles. The Balaban J connectivity index is 1.76. The van der Waals surface area contributed by atoms with Gasteiger partial charge in [-0.2, -0.15) is 0 Å². The molecule has 0 aromatic heterocycles. The number of amides is 4. The van der Waals surface area contributed by atoms with Gasteiger partial charge in [0.05, 0.1) is 4.47 Å². The number of hydrogen-bond acceptors (Lipinski definition) is 4. The van der Waals surface area contributed by atoms with Crippen LogP contribution in [0.3, 0.4) is 0 Å². The fraction of sp³-hybridized carbons (Fsp3) is 0.105. The number of urea groups is 1. The zero-order valence-corrected chi connectivity index (χ0v) is 17.9. The second-order valence-electron chi connectivity index (χ2n) is 5.79. The van der Waals surface area contributed by atoms with Gasteiger partial charge in [-0.3, -0.25) is 19.8 Å². The molecule has 1 saturated heterocycles. The van der Waals surface area contributed by atoms with Crippen LogP contribution in [0.2, 0.25) is 0 Å². The van der Waals surface area contributed by atoms with E-state index in [1.807, 2.05) is 24.3 Å². The second kappa shape index (κ2) is 8.22. The molecule has 0 saturated carbocycles. The molecule has 1 aliphatic heterocycles. The van der Waals surface area contributed by atoms with Crippen LogP contribution in [0, 0.1) is 3.57 Å². The molecule has 0 atom stereocenters. The lowest BCUT2D eigenvalue weighted by Crippen LogP contribution is -2.52. The van der Waals surface area contributed by atoms with E-state index in [0.717, 1.165) is 14.0 Å². The summed E-state index contributed by atoms with van der Waals surface area (Å²) in [6, 6.07) is 12.5. The fourth-order valence-electron chi connectivity index (χ4n) is 2.38. The molecule has 3 rings (SSSR count). The van der Waals surface area contributed by atoms with Crippen molar-refractivity contribution in [3.63, 3.8) is 0 Å². The predicted molar refractivity (Wildman–Crippen MR) is 112 cm³/mol. The van der Waals surface area contributed by atoms with Gasteiger partial charge in [-0.25, -0.2) is 4.79 Å². The van der Waals surface area contributed by atoms with Gasteiger partial charge >= 0.3 is 6.03 Å². The van der Waals surface area contributed by atoms with Gasteiger partial charge < -0.3 is 4.74 Å². The van der Waals surface area contributed by atoms with Gasteiger partial charge in [-0.05, 0) is 80.0 Å². The summed E-state index contributed by atoms with van der Waals surface area (Å²) in [6.45, 7) is 0.420. The lowest BCUT2D eigenvalue weighted by molar-refractivity contribution is -0.129.